The van der Waals surface area contributed by atoms with Crippen molar-refractivity contribution < 1.29 is 4.42 Å². The number of nitrogens with one attached hydrogen (secondary N) is 2. The van der Waals surface area contributed by atoms with Gasteiger partial charge in [0, 0.05) is 10.6 Å². The molecule has 6 heteroatoms. The molecule has 2 N–H and O–H groups in total. The zero-order valence-electron chi connectivity index (χ0n) is 10.6. The van der Waals surface area contributed by atoms with Crippen molar-refractivity contribution in [1.82, 2.24) is 9.97 Å². The fourth-order valence-electron chi connectivity index (χ4n) is 1.98. The van der Waals surface area contributed by atoms with Gasteiger partial charge in [-0.05, 0) is 32.0 Å². The molecule has 0 bridgehead atoms. The van der Waals surface area contributed by atoms with Gasteiger partial charge in [-0.3, -0.25) is 4.98 Å². The minimum Gasteiger partial charge on any atom is -0.408 e. The maximum atomic E-state index is 11.1. The molecule has 0 spiro atoms. The number of fused-ring (bicyclic) bond motifs is 1. The molecule has 0 atom stereocenters. The lowest BCUT2D eigenvalue weighted by atomic mass is 10.3. The smallest absolute Gasteiger partial charge is 0.408 e. The zero-order chi connectivity index (χ0) is 13.4. The number of hydrogen-bond acceptors (Lipinski definition) is 5. The molecule has 0 saturated carbocycles. The third-order valence-corrected chi connectivity index (χ3v) is 3.94. The second-order valence-electron chi connectivity index (χ2n) is 4.32. The van der Waals surface area contributed by atoms with E-state index >= 15 is 0 Å². The summed E-state index contributed by atoms with van der Waals surface area (Å²) >= 11 is 1.69. The molecule has 5 nitrogen and oxygen atoms in total. The lowest BCUT2D eigenvalue weighted by Crippen LogP contribution is -1.99. The predicted octanol–water partition coefficient (Wildman–Crippen LogP) is 2.81. The first-order chi connectivity index (χ1) is 9.11. The lowest BCUT2D eigenvalue weighted by molar-refractivity contribution is 0.555. The Morgan fingerprint density at radius 2 is 2.26 bits per heavy atom. The lowest BCUT2D eigenvalue weighted by Gasteiger charge is -2.04. The summed E-state index contributed by atoms with van der Waals surface area (Å²) in [5, 5.41) is 4.40. The Kier molecular flexibility index (Phi) is 2.87. The van der Waals surface area contributed by atoms with Gasteiger partial charge in [-0.15, -0.1) is 11.3 Å². The highest BCUT2D eigenvalue weighted by atomic mass is 32.1. The highest BCUT2D eigenvalue weighted by Gasteiger charge is 2.05. The van der Waals surface area contributed by atoms with Crippen LogP contribution in [0, 0.1) is 13.8 Å². The van der Waals surface area contributed by atoms with Crippen molar-refractivity contribution in [2.45, 2.75) is 20.4 Å². The van der Waals surface area contributed by atoms with Gasteiger partial charge in [-0.1, -0.05) is 0 Å². The van der Waals surface area contributed by atoms with E-state index in [-0.39, 0.29) is 0 Å². The molecule has 0 aliphatic carbocycles. The van der Waals surface area contributed by atoms with Crippen LogP contribution in [0.5, 0.6) is 0 Å². The van der Waals surface area contributed by atoms with Gasteiger partial charge in [0.15, 0.2) is 5.58 Å². The number of rotatable bonds is 3. The van der Waals surface area contributed by atoms with Crippen LogP contribution in [-0.2, 0) is 6.54 Å². The van der Waals surface area contributed by atoms with E-state index in [9.17, 15) is 4.79 Å². The number of aromatic nitrogens is 2. The summed E-state index contributed by atoms with van der Waals surface area (Å²) in [6, 6.07) is 5.53. The first-order valence-electron chi connectivity index (χ1n) is 5.91. The van der Waals surface area contributed by atoms with Crippen LogP contribution in [0.3, 0.4) is 0 Å². The summed E-state index contributed by atoms with van der Waals surface area (Å²) < 4.78 is 4.96. The normalized spacial score (nSPS) is 11.1. The fourth-order valence-corrected chi connectivity index (χ4v) is 2.86. The first-order valence-corrected chi connectivity index (χ1v) is 6.73. The minimum atomic E-state index is -0.430. The molecule has 0 radical (unpaired) electrons. The number of oxazole rings is 1. The van der Waals surface area contributed by atoms with E-state index in [1.165, 1.54) is 4.88 Å². The van der Waals surface area contributed by atoms with Gasteiger partial charge in [0.2, 0.25) is 0 Å². The second kappa shape index (κ2) is 4.55. The Balaban J connectivity index is 1.81. The largest absolute Gasteiger partial charge is 0.417 e. The molecule has 3 rings (SSSR count). The van der Waals surface area contributed by atoms with Crippen molar-refractivity contribution in [3.8, 4) is 0 Å². The van der Waals surface area contributed by atoms with E-state index in [1.807, 2.05) is 26.0 Å². The molecule has 0 amide bonds. The Hall–Kier alpha value is -2.08. The van der Waals surface area contributed by atoms with E-state index in [4.69, 9.17) is 4.42 Å². The van der Waals surface area contributed by atoms with Crippen molar-refractivity contribution in [3.05, 3.63) is 44.3 Å². The molecule has 0 saturated heterocycles. The SMILES string of the molecule is Cc1nc(C)c(CNc2ccc3oc(=O)[nH]c3c2)s1. The van der Waals surface area contributed by atoms with Gasteiger partial charge in [0.05, 0.1) is 22.8 Å². The molecule has 1 aromatic carbocycles. The average molecular weight is 275 g/mol. The molecule has 0 aliphatic heterocycles. The molecule has 19 heavy (non-hydrogen) atoms. The molecular weight excluding hydrogens is 262 g/mol. The molecule has 3 aromatic rings. The summed E-state index contributed by atoms with van der Waals surface area (Å²) in [6.45, 7) is 4.74. The van der Waals surface area contributed by atoms with E-state index < -0.39 is 5.76 Å². The fraction of sp³-hybridized carbons (Fsp3) is 0.231. The van der Waals surface area contributed by atoms with Gasteiger partial charge in [-0.2, -0.15) is 0 Å². The van der Waals surface area contributed by atoms with E-state index in [2.05, 4.69) is 15.3 Å². The van der Waals surface area contributed by atoms with E-state index in [0.717, 1.165) is 22.9 Å². The summed E-state index contributed by atoms with van der Waals surface area (Å²) in [6.07, 6.45) is 0. The summed E-state index contributed by atoms with van der Waals surface area (Å²) in [4.78, 5) is 19.3. The van der Waals surface area contributed by atoms with Crippen LogP contribution in [0.4, 0.5) is 5.69 Å². The quantitative estimate of drug-likeness (QED) is 0.771. The third-order valence-electron chi connectivity index (χ3n) is 2.87. The minimum absolute atomic E-state index is 0.430. The van der Waals surface area contributed by atoms with Gasteiger partial charge >= 0.3 is 5.76 Å². The zero-order valence-corrected chi connectivity index (χ0v) is 11.4. The summed E-state index contributed by atoms with van der Waals surface area (Å²) in [5.41, 5.74) is 3.27. The van der Waals surface area contributed by atoms with Crippen molar-refractivity contribution >= 4 is 28.1 Å². The number of anilines is 1. The first kappa shape index (κ1) is 12.0. The topological polar surface area (TPSA) is 70.9 Å². The molecule has 2 aromatic heterocycles. The number of hydrogen-bond donors (Lipinski definition) is 2. The maximum absolute atomic E-state index is 11.1. The Morgan fingerprint density at radius 3 is 3.00 bits per heavy atom. The number of aryl methyl sites for hydroxylation is 2. The molecule has 0 unspecified atom stereocenters. The number of thiazole rings is 1. The third kappa shape index (κ3) is 2.39. The summed E-state index contributed by atoms with van der Waals surface area (Å²) in [7, 11) is 0. The maximum Gasteiger partial charge on any atom is 0.417 e. The molecule has 98 valence electrons. The van der Waals surface area contributed by atoms with Crippen molar-refractivity contribution in [2.75, 3.05) is 5.32 Å². The number of aromatic amines is 1. The number of nitrogens with zero attached hydrogens (tertiary/aromatic N) is 1. The van der Waals surface area contributed by atoms with Gasteiger partial charge in [0.1, 0.15) is 0 Å². The van der Waals surface area contributed by atoms with Crippen LogP contribution in [-0.4, -0.2) is 9.97 Å². The monoisotopic (exact) mass is 275 g/mol. The Bertz CT molecular complexity index is 785. The van der Waals surface area contributed by atoms with Crippen LogP contribution in [0.2, 0.25) is 0 Å². The van der Waals surface area contributed by atoms with Gasteiger partial charge < -0.3 is 9.73 Å². The molecular formula is C13H13N3O2S. The number of H-pyrrole nitrogens is 1. The van der Waals surface area contributed by atoms with E-state index in [1.54, 1.807) is 17.4 Å². The Morgan fingerprint density at radius 1 is 1.42 bits per heavy atom. The van der Waals surface area contributed by atoms with Crippen LogP contribution in [0.1, 0.15) is 15.6 Å². The average Bonchev–Trinajstić information content (AvgIpc) is 2.87. The van der Waals surface area contributed by atoms with Crippen LogP contribution in [0.15, 0.2) is 27.4 Å². The Labute approximate surface area is 113 Å². The van der Waals surface area contributed by atoms with Crippen molar-refractivity contribution in [3.63, 3.8) is 0 Å². The molecule has 0 fully saturated rings. The molecule has 2 heterocycles. The number of benzene rings is 1. The van der Waals surface area contributed by atoms with Gasteiger partial charge in [0.25, 0.3) is 0 Å². The highest BCUT2D eigenvalue weighted by Crippen LogP contribution is 2.20. The van der Waals surface area contributed by atoms with Crippen molar-refractivity contribution in [2.24, 2.45) is 0 Å². The predicted molar refractivity (Wildman–Crippen MR) is 75.7 cm³/mol. The van der Waals surface area contributed by atoms with Crippen LogP contribution in [0.25, 0.3) is 11.1 Å². The van der Waals surface area contributed by atoms with Gasteiger partial charge in [-0.25, -0.2) is 9.78 Å². The summed E-state index contributed by atoms with van der Waals surface area (Å²) in [5.74, 6) is -0.430. The standard InChI is InChI=1S/C13H13N3O2S/c1-7-12(19-8(2)15-7)6-14-9-3-4-11-10(5-9)16-13(17)18-11/h3-5,14H,6H2,1-2H3,(H,16,17). The highest BCUT2D eigenvalue weighted by molar-refractivity contribution is 7.11. The van der Waals surface area contributed by atoms with Crippen molar-refractivity contribution in [1.29, 1.82) is 0 Å². The molecule has 0 aliphatic rings. The van der Waals surface area contributed by atoms with Crippen LogP contribution < -0.4 is 11.1 Å². The second-order valence-corrected chi connectivity index (χ2v) is 5.61. The van der Waals surface area contributed by atoms with E-state index in [0.29, 0.717) is 11.1 Å². The van der Waals surface area contributed by atoms with Crippen LogP contribution >= 0.6 is 11.3 Å².